The van der Waals surface area contributed by atoms with Gasteiger partial charge in [-0.05, 0) is 42.5 Å². The Hall–Kier alpha value is -1.63. The highest BCUT2D eigenvalue weighted by Gasteiger charge is 2.42. The fraction of sp³-hybridized carbons (Fsp3) is 0.0526. The summed E-state index contributed by atoms with van der Waals surface area (Å²) in [6, 6.07) is 15.9. The van der Waals surface area contributed by atoms with Crippen molar-refractivity contribution in [3.8, 4) is 5.75 Å². The van der Waals surface area contributed by atoms with Crippen LogP contribution in [0, 0.1) is 0 Å². The van der Waals surface area contributed by atoms with Crippen molar-refractivity contribution in [1.29, 1.82) is 0 Å². The van der Waals surface area contributed by atoms with Crippen molar-refractivity contribution in [2.45, 2.75) is 11.1 Å². The molecule has 1 heterocycles. The maximum Gasteiger partial charge on any atom is 0.269 e. The van der Waals surface area contributed by atoms with Gasteiger partial charge in [-0.1, -0.05) is 64.6 Å². The Bertz CT molecular complexity index is 1180. The summed E-state index contributed by atoms with van der Waals surface area (Å²) in [5.74, 6) is 0.417. The molecule has 4 nitrogen and oxygen atoms in total. The first-order valence-corrected chi connectivity index (χ1v) is 10.9. The van der Waals surface area contributed by atoms with E-state index >= 15 is 0 Å². The van der Waals surface area contributed by atoms with E-state index in [0.29, 0.717) is 22.0 Å². The molecule has 28 heavy (non-hydrogen) atoms. The van der Waals surface area contributed by atoms with E-state index in [0.717, 1.165) is 0 Å². The van der Waals surface area contributed by atoms with Gasteiger partial charge in [-0.25, -0.2) is 12.7 Å². The maximum absolute atomic E-state index is 13.5. The Kier molecular flexibility index (Phi) is 5.14. The lowest BCUT2D eigenvalue weighted by Crippen LogP contribution is -2.34. The average Bonchev–Trinajstić information content (AvgIpc) is 3.06. The zero-order valence-electron chi connectivity index (χ0n) is 13.9. The first-order chi connectivity index (χ1) is 13.3. The summed E-state index contributed by atoms with van der Waals surface area (Å²) in [7, 11) is -4.11. The lowest BCUT2D eigenvalue weighted by atomic mass is 10.2. The van der Waals surface area contributed by atoms with Crippen LogP contribution >= 0.6 is 46.4 Å². The lowest BCUT2D eigenvalue weighted by Gasteiger charge is -2.25. The van der Waals surface area contributed by atoms with Crippen molar-refractivity contribution in [1.82, 2.24) is 0 Å². The highest BCUT2D eigenvalue weighted by Crippen LogP contribution is 2.47. The van der Waals surface area contributed by atoms with E-state index in [1.165, 1.54) is 22.5 Å². The number of fused-ring (bicyclic) bond motifs is 1. The largest absolute Gasteiger partial charge is 0.463 e. The highest BCUT2D eigenvalue weighted by molar-refractivity contribution is 7.93. The van der Waals surface area contributed by atoms with Crippen LogP contribution in [0.3, 0.4) is 0 Å². The summed E-state index contributed by atoms with van der Waals surface area (Å²) < 4.78 is 34.2. The van der Waals surface area contributed by atoms with E-state index < -0.39 is 16.3 Å². The van der Waals surface area contributed by atoms with Crippen LogP contribution in [0.4, 0.5) is 5.69 Å². The molecule has 1 aliphatic rings. The van der Waals surface area contributed by atoms with Gasteiger partial charge in [0.15, 0.2) is 0 Å². The van der Waals surface area contributed by atoms with Gasteiger partial charge in [0, 0.05) is 10.6 Å². The van der Waals surface area contributed by atoms with Crippen LogP contribution in [-0.2, 0) is 10.0 Å². The minimum Gasteiger partial charge on any atom is -0.463 e. The van der Waals surface area contributed by atoms with Gasteiger partial charge in [-0.15, -0.1) is 0 Å². The first-order valence-electron chi connectivity index (χ1n) is 7.99. The molecular formula is C19H11Cl4NO3S. The minimum atomic E-state index is -4.11. The van der Waals surface area contributed by atoms with Crippen LogP contribution in [0.5, 0.6) is 5.75 Å². The molecule has 1 aliphatic heterocycles. The standard InChI is InChI=1S/C19H11Cl4NO3S/c20-12-6-8-14(22)18(10-12)28(25,26)24-16-3-1-2-4-17(16)27-19(24)11-5-7-13(21)15(23)9-11/h1-10,19H/t19-/m1/s1. The number of hydrogen-bond acceptors (Lipinski definition) is 3. The molecule has 4 rings (SSSR count). The van der Waals surface area contributed by atoms with Crippen molar-refractivity contribution >= 4 is 62.1 Å². The third-order valence-electron chi connectivity index (χ3n) is 4.21. The molecule has 0 saturated carbocycles. The van der Waals surface area contributed by atoms with Crippen LogP contribution in [0.25, 0.3) is 0 Å². The first kappa shape index (κ1) is 19.7. The average molecular weight is 475 g/mol. The Morgan fingerprint density at radius 1 is 0.821 bits per heavy atom. The number of benzene rings is 3. The van der Waals surface area contributed by atoms with Crippen LogP contribution in [0.2, 0.25) is 20.1 Å². The van der Waals surface area contributed by atoms with Gasteiger partial charge in [0.1, 0.15) is 10.6 Å². The molecule has 3 aromatic rings. The number of hydrogen-bond donors (Lipinski definition) is 0. The van der Waals surface area contributed by atoms with Crippen molar-refractivity contribution < 1.29 is 13.2 Å². The topological polar surface area (TPSA) is 46.6 Å². The minimum absolute atomic E-state index is 0.0571. The molecule has 0 fully saturated rings. The molecule has 0 aliphatic carbocycles. The zero-order valence-corrected chi connectivity index (χ0v) is 17.8. The molecule has 0 spiro atoms. The molecule has 0 radical (unpaired) electrons. The van der Waals surface area contributed by atoms with Crippen LogP contribution in [0.1, 0.15) is 11.8 Å². The van der Waals surface area contributed by atoms with Gasteiger partial charge in [-0.3, -0.25) is 0 Å². The Balaban J connectivity index is 1.91. The lowest BCUT2D eigenvalue weighted by molar-refractivity contribution is 0.245. The van der Waals surface area contributed by atoms with Crippen molar-refractivity contribution in [2.75, 3.05) is 4.31 Å². The summed E-state index contributed by atoms with van der Waals surface area (Å²) in [5.41, 5.74) is 0.905. The van der Waals surface area contributed by atoms with Crippen LogP contribution in [-0.4, -0.2) is 8.42 Å². The van der Waals surface area contributed by atoms with Crippen molar-refractivity contribution in [2.24, 2.45) is 0 Å². The Labute approximate surface area is 182 Å². The molecule has 144 valence electrons. The third-order valence-corrected chi connectivity index (χ3v) is 7.43. The Morgan fingerprint density at radius 3 is 2.29 bits per heavy atom. The number of nitrogens with zero attached hydrogens (tertiary/aromatic N) is 1. The quantitative estimate of drug-likeness (QED) is 0.430. The predicted octanol–water partition coefficient (Wildman–Crippen LogP) is 6.59. The number of sulfonamides is 1. The molecule has 0 amide bonds. The van der Waals surface area contributed by atoms with Gasteiger partial charge in [0.05, 0.1) is 20.8 Å². The van der Waals surface area contributed by atoms with Gasteiger partial charge in [0.25, 0.3) is 10.0 Å². The van der Waals surface area contributed by atoms with E-state index in [9.17, 15) is 8.42 Å². The molecule has 3 aromatic carbocycles. The molecule has 0 aromatic heterocycles. The summed E-state index contributed by atoms with van der Waals surface area (Å²) in [5, 5.41) is 0.953. The van der Waals surface area contributed by atoms with E-state index in [2.05, 4.69) is 0 Å². The third kappa shape index (κ3) is 3.31. The van der Waals surface area contributed by atoms with Crippen LogP contribution < -0.4 is 9.04 Å². The van der Waals surface area contributed by atoms with E-state index in [1.807, 2.05) is 0 Å². The SMILES string of the molecule is O=S(=O)(c1cc(Cl)ccc1Cl)N1c2ccccc2O[C@@H]1c1ccc(Cl)c(Cl)c1. The normalized spacial score (nSPS) is 16.0. The number of anilines is 1. The highest BCUT2D eigenvalue weighted by atomic mass is 35.5. The molecular weight excluding hydrogens is 464 g/mol. The van der Waals surface area contributed by atoms with Gasteiger partial charge in [0.2, 0.25) is 6.23 Å². The second kappa shape index (κ2) is 7.32. The summed E-state index contributed by atoms with van der Waals surface area (Å²) >= 11 is 24.3. The summed E-state index contributed by atoms with van der Waals surface area (Å²) in [6.07, 6.45) is -0.979. The second-order valence-corrected chi connectivity index (χ2v) is 9.43. The zero-order chi connectivity index (χ0) is 20.1. The molecule has 0 bridgehead atoms. The monoisotopic (exact) mass is 473 g/mol. The second-order valence-electron chi connectivity index (χ2n) is 5.99. The molecule has 0 unspecified atom stereocenters. The Morgan fingerprint density at radius 2 is 1.54 bits per heavy atom. The van der Waals surface area contributed by atoms with Crippen molar-refractivity contribution in [3.63, 3.8) is 0 Å². The van der Waals surface area contributed by atoms with E-state index in [-0.39, 0.29) is 20.0 Å². The molecule has 1 atom stereocenters. The van der Waals surface area contributed by atoms with Crippen LogP contribution in [0.15, 0.2) is 65.6 Å². The predicted molar refractivity (Wildman–Crippen MR) is 112 cm³/mol. The number of rotatable bonds is 3. The van der Waals surface area contributed by atoms with E-state index in [4.69, 9.17) is 51.1 Å². The number of para-hydroxylation sites is 2. The number of ether oxygens (including phenoxy) is 1. The van der Waals surface area contributed by atoms with E-state index in [1.54, 1.807) is 42.5 Å². The number of halogens is 4. The fourth-order valence-corrected chi connectivity index (χ4v) is 5.52. The van der Waals surface area contributed by atoms with Crippen molar-refractivity contribution in [3.05, 3.63) is 86.3 Å². The molecule has 0 N–H and O–H groups in total. The molecule has 9 heteroatoms. The maximum atomic E-state index is 13.5. The van der Waals surface area contributed by atoms with Gasteiger partial charge in [-0.2, -0.15) is 0 Å². The summed E-state index contributed by atoms with van der Waals surface area (Å²) in [4.78, 5) is -0.118. The van der Waals surface area contributed by atoms with Gasteiger partial charge >= 0.3 is 0 Å². The fourth-order valence-electron chi connectivity index (χ4n) is 2.94. The summed E-state index contributed by atoms with van der Waals surface area (Å²) in [6.45, 7) is 0. The smallest absolute Gasteiger partial charge is 0.269 e. The molecule has 0 saturated heterocycles. The van der Waals surface area contributed by atoms with Gasteiger partial charge < -0.3 is 4.74 Å².